The fourth-order valence-corrected chi connectivity index (χ4v) is 4.01. The van der Waals surface area contributed by atoms with Crippen molar-refractivity contribution in [3.63, 3.8) is 0 Å². The van der Waals surface area contributed by atoms with E-state index in [4.69, 9.17) is 9.72 Å². The number of quaternary nitrogens is 1. The van der Waals surface area contributed by atoms with Gasteiger partial charge in [0.2, 0.25) is 0 Å². The Morgan fingerprint density at radius 3 is 2.73 bits per heavy atom. The number of thiazole rings is 1. The first-order valence-corrected chi connectivity index (χ1v) is 9.62. The van der Waals surface area contributed by atoms with Crippen LogP contribution in [0.1, 0.15) is 18.4 Å². The highest BCUT2D eigenvalue weighted by atomic mass is 32.1. The molecule has 0 aliphatic heterocycles. The van der Waals surface area contributed by atoms with Crippen molar-refractivity contribution in [2.24, 2.45) is 0 Å². The summed E-state index contributed by atoms with van der Waals surface area (Å²) in [6.07, 6.45) is 1.02. The zero-order valence-electron chi connectivity index (χ0n) is 15.1. The molecule has 136 valence electrons. The smallest absolute Gasteiger partial charge is 0.279 e. The summed E-state index contributed by atoms with van der Waals surface area (Å²) in [7, 11) is 1.60. The van der Waals surface area contributed by atoms with Crippen molar-refractivity contribution < 1.29 is 14.4 Å². The number of nitrogens with zero attached hydrogens (tertiary/aromatic N) is 1. The minimum absolute atomic E-state index is 0.0148. The van der Waals surface area contributed by atoms with E-state index in [1.165, 1.54) is 9.60 Å². The molecule has 0 fully saturated rings. The maximum absolute atomic E-state index is 12.5. The number of methoxy groups -OCH3 is 1. The van der Waals surface area contributed by atoms with Crippen molar-refractivity contribution in [2.75, 3.05) is 25.5 Å². The van der Waals surface area contributed by atoms with Crippen LogP contribution in [0.15, 0.2) is 48.5 Å². The predicted octanol–water partition coefficient (Wildman–Crippen LogP) is 2.74. The number of rotatable bonds is 8. The summed E-state index contributed by atoms with van der Waals surface area (Å²) in [4.78, 5) is 18.4. The van der Waals surface area contributed by atoms with Crippen molar-refractivity contribution >= 4 is 33.1 Å². The number of nitrogens with one attached hydrogen (secondary N) is 2. The zero-order valence-corrected chi connectivity index (χ0v) is 15.9. The molecule has 0 bridgehead atoms. The van der Waals surface area contributed by atoms with Crippen LogP contribution in [0.25, 0.3) is 10.2 Å². The van der Waals surface area contributed by atoms with Crippen LogP contribution in [-0.2, 0) is 11.3 Å². The lowest BCUT2D eigenvalue weighted by molar-refractivity contribution is -0.905. The monoisotopic (exact) mass is 370 g/mol. The van der Waals surface area contributed by atoms with Gasteiger partial charge in [-0.05, 0) is 30.7 Å². The maximum Gasteiger partial charge on any atom is 0.279 e. The highest BCUT2D eigenvalue weighted by Crippen LogP contribution is 2.23. The van der Waals surface area contributed by atoms with Crippen LogP contribution >= 0.6 is 11.3 Å². The van der Waals surface area contributed by atoms with Gasteiger partial charge in [0.15, 0.2) is 6.54 Å². The second-order valence-corrected chi connectivity index (χ2v) is 7.29. The third-order valence-corrected chi connectivity index (χ3v) is 5.17. The number of para-hydroxylation sites is 3. The molecule has 2 N–H and O–H groups in total. The van der Waals surface area contributed by atoms with Gasteiger partial charge in [0.05, 0.1) is 29.6 Å². The Morgan fingerprint density at radius 1 is 1.19 bits per heavy atom. The Hall–Kier alpha value is -2.44. The van der Waals surface area contributed by atoms with Crippen molar-refractivity contribution in [1.82, 2.24) is 4.98 Å². The van der Waals surface area contributed by atoms with E-state index in [0.717, 1.165) is 30.0 Å². The standard InChI is InChI=1S/C20H23N3O2S/c1-3-12-23(14-20-22-16-9-5-7-11-18(16)26-20)13-19(24)21-15-8-4-6-10-17(15)25-2/h4-11H,3,12-14H2,1-2H3,(H,21,24)/p+1. The van der Waals surface area contributed by atoms with E-state index in [2.05, 4.69) is 18.3 Å². The van der Waals surface area contributed by atoms with E-state index in [1.54, 1.807) is 18.4 Å². The fourth-order valence-electron chi connectivity index (χ4n) is 2.97. The van der Waals surface area contributed by atoms with E-state index in [-0.39, 0.29) is 5.91 Å². The van der Waals surface area contributed by atoms with Crippen LogP contribution in [-0.4, -0.2) is 31.1 Å². The van der Waals surface area contributed by atoms with Crippen LogP contribution < -0.4 is 15.0 Å². The number of fused-ring (bicyclic) bond motifs is 1. The molecule has 5 nitrogen and oxygen atoms in total. The Balaban J connectivity index is 1.66. The number of aromatic nitrogens is 1. The lowest BCUT2D eigenvalue weighted by Crippen LogP contribution is -3.11. The van der Waals surface area contributed by atoms with Crippen LogP contribution in [0.4, 0.5) is 5.69 Å². The van der Waals surface area contributed by atoms with Gasteiger partial charge in [-0.15, -0.1) is 11.3 Å². The summed E-state index contributed by atoms with van der Waals surface area (Å²) in [6, 6.07) is 15.6. The average molecular weight is 370 g/mol. The van der Waals surface area contributed by atoms with Crippen LogP contribution in [0.3, 0.4) is 0 Å². The second kappa shape index (κ2) is 8.78. The Kier molecular flexibility index (Phi) is 6.20. The molecule has 1 amide bonds. The third-order valence-electron chi connectivity index (χ3n) is 4.13. The molecule has 6 heteroatoms. The first kappa shape index (κ1) is 18.4. The molecule has 0 saturated carbocycles. The van der Waals surface area contributed by atoms with Gasteiger partial charge in [0.1, 0.15) is 17.3 Å². The number of hydrogen-bond donors (Lipinski definition) is 2. The summed E-state index contributed by atoms with van der Waals surface area (Å²) in [6.45, 7) is 4.22. The zero-order chi connectivity index (χ0) is 18.4. The Morgan fingerprint density at radius 2 is 1.96 bits per heavy atom. The molecular weight excluding hydrogens is 346 g/mol. The minimum atomic E-state index is -0.0148. The number of ether oxygens (including phenoxy) is 1. The number of benzene rings is 2. The molecule has 0 spiro atoms. The fraction of sp³-hybridized carbons (Fsp3) is 0.300. The van der Waals surface area contributed by atoms with Gasteiger partial charge in [-0.3, -0.25) is 4.79 Å². The highest BCUT2D eigenvalue weighted by molar-refractivity contribution is 7.18. The molecule has 1 aromatic heterocycles. The number of anilines is 1. The third kappa shape index (κ3) is 4.59. The molecule has 0 aliphatic rings. The van der Waals surface area contributed by atoms with Gasteiger partial charge in [-0.1, -0.05) is 31.2 Å². The molecule has 3 rings (SSSR count). The van der Waals surface area contributed by atoms with Crippen molar-refractivity contribution in [3.8, 4) is 5.75 Å². The van der Waals surface area contributed by atoms with Gasteiger partial charge in [-0.25, -0.2) is 4.98 Å². The summed E-state index contributed by atoms with van der Waals surface area (Å²) >= 11 is 1.70. The first-order valence-electron chi connectivity index (χ1n) is 8.80. The van der Waals surface area contributed by atoms with E-state index >= 15 is 0 Å². The van der Waals surface area contributed by atoms with Crippen molar-refractivity contribution in [1.29, 1.82) is 0 Å². The van der Waals surface area contributed by atoms with Gasteiger partial charge in [0, 0.05) is 0 Å². The normalized spacial score (nSPS) is 12.1. The predicted molar refractivity (Wildman–Crippen MR) is 106 cm³/mol. The van der Waals surface area contributed by atoms with Crippen molar-refractivity contribution in [3.05, 3.63) is 53.5 Å². The molecule has 0 radical (unpaired) electrons. The van der Waals surface area contributed by atoms with Gasteiger partial charge < -0.3 is 15.0 Å². The van der Waals surface area contributed by atoms with Gasteiger partial charge in [0.25, 0.3) is 5.91 Å². The molecule has 1 atom stereocenters. The largest absolute Gasteiger partial charge is 0.495 e. The Labute approximate surface area is 157 Å². The number of hydrogen-bond acceptors (Lipinski definition) is 4. The van der Waals surface area contributed by atoms with Gasteiger partial charge in [-0.2, -0.15) is 0 Å². The summed E-state index contributed by atoms with van der Waals surface area (Å²) in [5, 5.41) is 4.03. The molecule has 1 heterocycles. The second-order valence-electron chi connectivity index (χ2n) is 6.18. The molecule has 1 unspecified atom stereocenters. The number of carbonyl (C=O) groups excluding carboxylic acids is 1. The lowest BCUT2D eigenvalue weighted by Gasteiger charge is -2.17. The number of amides is 1. The first-order chi connectivity index (χ1) is 12.7. The molecule has 0 saturated heterocycles. The Bertz CT molecular complexity index is 845. The highest BCUT2D eigenvalue weighted by Gasteiger charge is 2.17. The average Bonchev–Trinajstić information content (AvgIpc) is 3.04. The molecule has 26 heavy (non-hydrogen) atoms. The van der Waals surface area contributed by atoms with Crippen LogP contribution in [0.2, 0.25) is 0 Å². The molecule has 3 aromatic rings. The molecule has 0 aliphatic carbocycles. The lowest BCUT2D eigenvalue weighted by atomic mass is 10.3. The summed E-state index contributed by atoms with van der Waals surface area (Å²) in [5.74, 6) is 0.656. The van der Waals surface area contributed by atoms with Crippen LogP contribution in [0.5, 0.6) is 5.75 Å². The molecule has 2 aromatic carbocycles. The summed E-state index contributed by atoms with van der Waals surface area (Å²) in [5.41, 5.74) is 1.73. The van der Waals surface area contributed by atoms with E-state index in [0.29, 0.717) is 18.0 Å². The minimum Gasteiger partial charge on any atom is -0.495 e. The van der Waals surface area contributed by atoms with E-state index in [9.17, 15) is 4.79 Å². The maximum atomic E-state index is 12.5. The van der Waals surface area contributed by atoms with Crippen molar-refractivity contribution in [2.45, 2.75) is 19.9 Å². The van der Waals surface area contributed by atoms with E-state index in [1.807, 2.05) is 42.5 Å². The number of carbonyl (C=O) groups is 1. The molecular formula is C20H24N3O2S+. The topological polar surface area (TPSA) is 55.7 Å². The van der Waals surface area contributed by atoms with Crippen LogP contribution in [0, 0.1) is 0 Å². The summed E-state index contributed by atoms with van der Waals surface area (Å²) < 4.78 is 6.49. The van der Waals surface area contributed by atoms with E-state index < -0.39 is 0 Å². The van der Waals surface area contributed by atoms with Gasteiger partial charge >= 0.3 is 0 Å². The quantitative estimate of drug-likeness (QED) is 0.641. The SMILES string of the molecule is CCC[NH+](CC(=O)Nc1ccccc1OC)Cc1nc2ccccc2s1.